The van der Waals surface area contributed by atoms with Crippen molar-refractivity contribution in [2.45, 2.75) is 0 Å². The Kier molecular flexibility index (Phi) is 5.63. The van der Waals surface area contributed by atoms with Crippen LogP contribution in [0.25, 0.3) is 0 Å². The molecule has 2 rings (SSSR count). The highest BCUT2D eigenvalue weighted by atomic mass is 79.9. The molecule has 5 heteroatoms. The molecular formula is C16H15BrO4. The Labute approximate surface area is 131 Å². The molecule has 21 heavy (non-hydrogen) atoms. The summed E-state index contributed by atoms with van der Waals surface area (Å²) in [6.07, 6.45) is 0.759. The van der Waals surface area contributed by atoms with Crippen molar-refractivity contribution in [1.82, 2.24) is 0 Å². The fourth-order valence-electron chi connectivity index (χ4n) is 1.77. The van der Waals surface area contributed by atoms with Gasteiger partial charge in [-0.3, -0.25) is 4.79 Å². The maximum atomic E-state index is 10.8. The Morgan fingerprint density at radius 2 is 1.81 bits per heavy atom. The van der Waals surface area contributed by atoms with E-state index in [1.807, 2.05) is 30.3 Å². The Bertz CT molecular complexity index is 599. The van der Waals surface area contributed by atoms with E-state index in [2.05, 4.69) is 15.9 Å². The van der Waals surface area contributed by atoms with Gasteiger partial charge < -0.3 is 14.2 Å². The molecule has 0 heterocycles. The summed E-state index contributed by atoms with van der Waals surface area (Å²) in [5.41, 5.74) is 0.520. The van der Waals surface area contributed by atoms with Crippen LogP contribution in [0.3, 0.4) is 0 Å². The lowest BCUT2D eigenvalue weighted by atomic mass is 10.2. The van der Waals surface area contributed by atoms with E-state index in [1.54, 1.807) is 12.1 Å². The lowest BCUT2D eigenvalue weighted by Crippen LogP contribution is -2.10. The molecule has 0 unspecified atom stereocenters. The summed E-state index contributed by atoms with van der Waals surface area (Å²) in [6.45, 7) is 0.777. The van der Waals surface area contributed by atoms with E-state index >= 15 is 0 Å². The van der Waals surface area contributed by atoms with E-state index in [-0.39, 0.29) is 0 Å². The molecule has 4 nitrogen and oxygen atoms in total. The molecule has 0 aromatic heterocycles. The minimum absolute atomic E-state index is 0.365. The van der Waals surface area contributed by atoms with Gasteiger partial charge in [-0.15, -0.1) is 0 Å². The van der Waals surface area contributed by atoms with Gasteiger partial charge in [0.05, 0.1) is 11.6 Å². The van der Waals surface area contributed by atoms with Crippen LogP contribution in [-0.2, 0) is 0 Å². The Morgan fingerprint density at radius 1 is 1.10 bits per heavy atom. The standard InChI is InChI=1S/C16H15BrO4/c1-19-15-10-12(11-18)9-14(17)16(15)21-8-7-20-13-5-3-2-4-6-13/h2-6,9-11H,7-8H2,1H3. The number of ether oxygens (including phenoxy) is 3. The Morgan fingerprint density at radius 3 is 2.48 bits per heavy atom. The highest BCUT2D eigenvalue weighted by Crippen LogP contribution is 2.36. The molecule has 0 atom stereocenters. The highest BCUT2D eigenvalue weighted by molar-refractivity contribution is 9.10. The van der Waals surface area contributed by atoms with Gasteiger partial charge in [0.1, 0.15) is 25.2 Å². The molecule has 0 aliphatic heterocycles. The second-order valence-corrected chi connectivity index (χ2v) is 5.02. The van der Waals surface area contributed by atoms with Crippen molar-refractivity contribution in [1.29, 1.82) is 0 Å². The molecular weight excluding hydrogens is 336 g/mol. The molecule has 0 fully saturated rings. The van der Waals surface area contributed by atoms with E-state index in [0.717, 1.165) is 12.0 Å². The maximum absolute atomic E-state index is 10.8. The van der Waals surface area contributed by atoms with Crippen LogP contribution >= 0.6 is 15.9 Å². The van der Waals surface area contributed by atoms with E-state index in [9.17, 15) is 4.79 Å². The van der Waals surface area contributed by atoms with Crippen molar-refractivity contribution in [3.05, 3.63) is 52.5 Å². The molecule has 0 N–H and O–H groups in total. The summed E-state index contributed by atoms with van der Waals surface area (Å²) >= 11 is 3.37. The monoisotopic (exact) mass is 350 g/mol. The number of para-hydroxylation sites is 1. The normalized spacial score (nSPS) is 10.0. The molecule has 0 saturated carbocycles. The number of hydrogen-bond acceptors (Lipinski definition) is 4. The first-order chi connectivity index (χ1) is 10.2. The lowest BCUT2D eigenvalue weighted by molar-refractivity contribution is 0.112. The zero-order valence-electron chi connectivity index (χ0n) is 11.5. The topological polar surface area (TPSA) is 44.8 Å². The van der Waals surface area contributed by atoms with Gasteiger partial charge in [0, 0.05) is 5.56 Å². The summed E-state index contributed by atoms with van der Waals surface area (Å²) in [4.78, 5) is 10.8. The van der Waals surface area contributed by atoms with Crippen LogP contribution in [0.15, 0.2) is 46.9 Å². The first kappa shape index (κ1) is 15.4. The van der Waals surface area contributed by atoms with Gasteiger partial charge >= 0.3 is 0 Å². The SMILES string of the molecule is COc1cc(C=O)cc(Br)c1OCCOc1ccccc1. The van der Waals surface area contributed by atoms with E-state index < -0.39 is 0 Å². The average Bonchev–Trinajstić information content (AvgIpc) is 2.53. The van der Waals surface area contributed by atoms with Crippen molar-refractivity contribution in [2.75, 3.05) is 20.3 Å². The first-order valence-corrected chi connectivity index (χ1v) is 7.17. The van der Waals surface area contributed by atoms with Crippen LogP contribution in [0.4, 0.5) is 0 Å². The zero-order valence-corrected chi connectivity index (χ0v) is 13.1. The second kappa shape index (κ2) is 7.69. The van der Waals surface area contributed by atoms with Crippen molar-refractivity contribution in [3.63, 3.8) is 0 Å². The van der Waals surface area contributed by atoms with Crippen LogP contribution in [0.1, 0.15) is 10.4 Å². The van der Waals surface area contributed by atoms with Crippen LogP contribution in [0, 0.1) is 0 Å². The van der Waals surface area contributed by atoms with Gasteiger partial charge in [-0.1, -0.05) is 18.2 Å². The molecule has 0 saturated heterocycles. The van der Waals surface area contributed by atoms with Crippen molar-refractivity contribution in [3.8, 4) is 17.2 Å². The summed E-state index contributed by atoms with van der Waals surface area (Å²) in [5, 5.41) is 0. The fraction of sp³-hybridized carbons (Fsp3) is 0.188. The number of benzene rings is 2. The number of carbonyl (C=O) groups is 1. The minimum atomic E-state index is 0.365. The molecule has 0 radical (unpaired) electrons. The highest BCUT2D eigenvalue weighted by Gasteiger charge is 2.11. The Balaban J connectivity index is 1.95. The average molecular weight is 351 g/mol. The smallest absolute Gasteiger partial charge is 0.175 e. The second-order valence-electron chi connectivity index (χ2n) is 4.16. The molecule has 0 spiro atoms. The fourth-order valence-corrected chi connectivity index (χ4v) is 2.34. The number of methoxy groups -OCH3 is 1. The predicted molar refractivity (Wildman–Crippen MR) is 83.5 cm³/mol. The molecule has 0 aliphatic rings. The number of carbonyl (C=O) groups excluding carboxylic acids is 1. The van der Waals surface area contributed by atoms with Crippen molar-refractivity contribution >= 4 is 22.2 Å². The molecule has 0 aliphatic carbocycles. The first-order valence-electron chi connectivity index (χ1n) is 6.38. The summed E-state index contributed by atoms with van der Waals surface area (Å²) < 4.78 is 17.1. The molecule has 110 valence electrons. The quantitative estimate of drug-likeness (QED) is 0.563. The molecule has 0 amide bonds. The van der Waals surface area contributed by atoms with Crippen LogP contribution in [0.2, 0.25) is 0 Å². The van der Waals surface area contributed by atoms with Gasteiger partial charge in [-0.2, -0.15) is 0 Å². The predicted octanol–water partition coefficient (Wildman–Crippen LogP) is 3.73. The third-order valence-electron chi connectivity index (χ3n) is 2.73. The van der Waals surface area contributed by atoms with E-state index in [4.69, 9.17) is 14.2 Å². The number of rotatable bonds is 7. The van der Waals surface area contributed by atoms with Crippen LogP contribution in [0.5, 0.6) is 17.2 Å². The Hall–Kier alpha value is -2.01. The summed E-state index contributed by atoms with van der Waals surface area (Å²) in [6, 6.07) is 12.8. The largest absolute Gasteiger partial charge is 0.493 e. The third-order valence-corrected chi connectivity index (χ3v) is 3.32. The van der Waals surface area contributed by atoms with Crippen LogP contribution < -0.4 is 14.2 Å². The number of hydrogen-bond donors (Lipinski definition) is 0. The van der Waals surface area contributed by atoms with Gasteiger partial charge in [-0.05, 0) is 40.2 Å². The van der Waals surface area contributed by atoms with Crippen LogP contribution in [-0.4, -0.2) is 26.6 Å². The summed E-state index contributed by atoms with van der Waals surface area (Å²) in [7, 11) is 1.53. The van der Waals surface area contributed by atoms with Crippen molar-refractivity contribution in [2.24, 2.45) is 0 Å². The van der Waals surface area contributed by atoms with E-state index in [0.29, 0.717) is 34.7 Å². The summed E-state index contributed by atoms with van der Waals surface area (Å²) in [5.74, 6) is 1.86. The zero-order chi connectivity index (χ0) is 15.1. The lowest BCUT2D eigenvalue weighted by Gasteiger charge is -2.13. The number of halogens is 1. The minimum Gasteiger partial charge on any atom is -0.493 e. The maximum Gasteiger partial charge on any atom is 0.175 e. The van der Waals surface area contributed by atoms with Crippen molar-refractivity contribution < 1.29 is 19.0 Å². The van der Waals surface area contributed by atoms with Gasteiger partial charge in [0.15, 0.2) is 11.5 Å². The van der Waals surface area contributed by atoms with Gasteiger partial charge in [0.2, 0.25) is 0 Å². The van der Waals surface area contributed by atoms with Gasteiger partial charge in [-0.25, -0.2) is 0 Å². The molecule has 0 bridgehead atoms. The third kappa shape index (κ3) is 4.23. The molecule has 2 aromatic carbocycles. The molecule has 2 aromatic rings. The number of aldehydes is 1. The van der Waals surface area contributed by atoms with E-state index in [1.165, 1.54) is 7.11 Å². The van der Waals surface area contributed by atoms with Gasteiger partial charge in [0.25, 0.3) is 0 Å².